The average molecular weight is 370 g/mol. The largest absolute Gasteiger partial charge is 0.489 e. The van der Waals surface area contributed by atoms with E-state index in [0.717, 1.165) is 42.2 Å². The molecule has 144 valence electrons. The van der Waals surface area contributed by atoms with Crippen molar-refractivity contribution < 1.29 is 18.7 Å². The topological polar surface area (TPSA) is 65.7 Å². The van der Waals surface area contributed by atoms with E-state index in [1.165, 1.54) is 6.07 Å². The summed E-state index contributed by atoms with van der Waals surface area (Å²) in [5, 5.41) is 0.761. The van der Waals surface area contributed by atoms with E-state index in [2.05, 4.69) is 20.8 Å². The third-order valence-electron chi connectivity index (χ3n) is 5.81. The number of carbonyl (C=O) groups is 1. The van der Waals surface area contributed by atoms with Gasteiger partial charge in [0.2, 0.25) is 0 Å². The number of hydrogen-bond acceptors (Lipinski definition) is 5. The first kappa shape index (κ1) is 18.1. The molecule has 2 atom stereocenters. The molecule has 0 spiro atoms. The molecular formula is C22H26O5. The molecule has 0 aliphatic carbocycles. The molecule has 0 radical (unpaired) electrons. The Bertz CT molecular complexity index is 998. The van der Waals surface area contributed by atoms with Gasteiger partial charge >= 0.3 is 5.63 Å². The second-order valence-corrected chi connectivity index (χ2v) is 8.39. The number of carbonyl (C=O) groups excluding carboxylic acids is 1. The molecule has 0 saturated heterocycles. The van der Waals surface area contributed by atoms with Gasteiger partial charge in [0.25, 0.3) is 0 Å². The van der Waals surface area contributed by atoms with Crippen molar-refractivity contribution in [1.82, 2.24) is 0 Å². The zero-order valence-corrected chi connectivity index (χ0v) is 16.6. The van der Waals surface area contributed by atoms with Crippen molar-refractivity contribution in [2.45, 2.75) is 72.0 Å². The first-order valence-corrected chi connectivity index (χ1v) is 9.79. The maximum absolute atomic E-state index is 13.2. The van der Waals surface area contributed by atoms with Crippen molar-refractivity contribution in [2.75, 3.05) is 0 Å². The molecule has 1 aromatic carbocycles. The highest BCUT2D eigenvalue weighted by molar-refractivity contribution is 6.13. The minimum absolute atomic E-state index is 0.0295. The molecule has 27 heavy (non-hydrogen) atoms. The van der Waals surface area contributed by atoms with Crippen LogP contribution in [0.3, 0.4) is 0 Å². The van der Waals surface area contributed by atoms with Crippen molar-refractivity contribution in [2.24, 2.45) is 5.92 Å². The Morgan fingerprint density at radius 1 is 1.19 bits per heavy atom. The highest BCUT2D eigenvalue weighted by Gasteiger charge is 2.40. The molecule has 0 saturated carbocycles. The summed E-state index contributed by atoms with van der Waals surface area (Å²) in [5.74, 6) is 0.931. The maximum atomic E-state index is 13.2. The van der Waals surface area contributed by atoms with Crippen molar-refractivity contribution in [3.05, 3.63) is 33.2 Å². The summed E-state index contributed by atoms with van der Waals surface area (Å²) in [6.07, 6.45) is 2.97. The van der Waals surface area contributed by atoms with Crippen LogP contribution >= 0.6 is 0 Å². The lowest BCUT2D eigenvalue weighted by molar-refractivity contribution is 0.0690. The highest BCUT2D eigenvalue weighted by Crippen LogP contribution is 2.49. The fourth-order valence-electron chi connectivity index (χ4n) is 4.12. The van der Waals surface area contributed by atoms with Crippen LogP contribution in [0.25, 0.3) is 11.0 Å². The number of ketones is 1. The van der Waals surface area contributed by atoms with Crippen LogP contribution in [-0.2, 0) is 12.8 Å². The van der Waals surface area contributed by atoms with Gasteiger partial charge in [0, 0.05) is 11.6 Å². The number of Topliss-reactive ketones (excluding diaryl/α,β-unsaturated/α-hetero) is 1. The van der Waals surface area contributed by atoms with Crippen LogP contribution in [-0.4, -0.2) is 17.5 Å². The standard InChI is InChI=1S/C22H26O5/c1-6-7-13-10-15(23)26-21-16(13)20-14(8-9-22(4,5)27-20)19-17(21)18(24)11(2)12(3)25-19/h10-12H,6-9H2,1-5H3/t11?,12-/m0/s1. The predicted octanol–water partition coefficient (Wildman–Crippen LogP) is 4.45. The first-order chi connectivity index (χ1) is 12.7. The van der Waals surface area contributed by atoms with E-state index in [9.17, 15) is 9.59 Å². The summed E-state index contributed by atoms with van der Waals surface area (Å²) in [4.78, 5) is 25.4. The average Bonchev–Trinajstić information content (AvgIpc) is 2.58. The van der Waals surface area contributed by atoms with Crippen molar-refractivity contribution >= 4 is 16.8 Å². The van der Waals surface area contributed by atoms with E-state index in [-0.39, 0.29) is 23.4 Å². The number of rotatable bonds is 2. The molecule has 0 bridgehead atoms. The molecule has 3 heterocycles. The SMILES string of the molecule is CCCc1cc(=O)oc2c3c(c4c(c12)OC(C)(C)CC4)O[C@@H](C)C(C)C3=O. The van der Waals surface area contributed by atoms with E-state index >= 15 is 0 Å². The van der Waals surface area contributed by atoms with E-state index < -0.39 is 5.63 Å². The number of aryl methyl sites for hydroxylation is 1. The summed E-state index contributed by atoms with van der Waals surface area (Å²) in [6, 6.07) is 1.53. The van der Waals surface area contributed by atoms with Crippen LogP contribution < -0.4 is 15.1 Å². The van der Waals surface area contributed by atoms with Gasteiger partial charge in [0.1, 0.15) is 28.8 Å². The van der Waals surface area contributed by atoms with Crippen LogP contribution in [0, 0.1) is 5.92 Å². The Morgan fingerprint density at radius 3 is 2.63 bits per heavy atom. The molecular weight excluding hydrogens is 344 g/mol. The summed E-state index contributed by atoms with van der Waals surface area (Å²) in [5.41, 5.74) is 1.76. The van der Waals surface area contributed by atoms with Crippen molar-refractivity contribution in [3.8, 4) is 11.5 Å². The van der Waals surface area contributed by atoms with E-state index in [1.54, 1.807) is 0 Å². The smallest absolute Gasteiger partial charge is 0.336 e. The third kappa shape index (κ3) is 2.75. The molecule has 4 rings (SSSR count). The lowest BCUT2D eigenvalue weighted by Gasteiger charge is -2.37. The minimum atomic E-state index is -0.442. The van der Waals surface area contributed by atoms with Gasteiger partial charge in [-0.3, -0.25) is 4.79 Å². The monoisotopic (exact) mass is 370 g/mol. The molecule has 0 fully saturated rings. The summed E-state index contributed by atoms with van der Waals surface area (Å²) in [6.45, 7) is 9.93. The van der Waals surface area contributed by atoms with Gasteiger partial charge in [-0.25, -0.2) is 4.79 Å². The second kappa shape index (κ2) is 6.11. The lowest BCUT2D eigenvalue weighted by Crippen LogP contribution is -2.37. The van der Waals surface area contributed by atoms with Gasteiger partial charge in [0.05, 0.1) is 11.3 Å². The van der Waals surface area contributed by atoms with Crippen molar-refractivity contribution in [3.63, 3.8) is 0 Å². The minimum Gasteiger partial charge on any atom is -0.489 e. The van der Waals surface area contributed by atoms with Gasteiger partial charge in [-0.05, 0) is 45.6 Å². The highest BCUT2D eigenvalue weighted by atomic mass is 16.5. The Labute approximate surface area is 158 Å². The van der Waals surface area contributed by atoms with Crippen LogP contribution in [0.2, 0.25) is 0 Å². The Balaban J connectivity index is 2.15. The quantitative estimate of drug-likeness (QED) is 0.731. The first-order valence-electron chi connectivity index (χ1n) is 9.79. The molecule has 1 aromatic heterocycles. The Kier molecular flexibility index (Phi) is 4.09. The molecule has 5 heteroatoms. The Morgan fingerprint density at radius 2 is 1.93 bits per heavy atom. The van der Waals surface area contributed by atoms with E-state index in [1.807, 2.05) is 13.8 Å². The summed E-state index contributed by atoms with van der Waals surface area (Å²) < 4.78 is 18.1. The van der Waals surface area contributed by atoms with Crippen LogP contribution in [0.15, 0.2) is 15.3 Å². The number of ether oxygens (including phenoxy) is 2. The van der Waals surface area contributed by atoms with E-state index in [4.69, 9.17) is 13.9 Å². The molecule has 5 nitrogen and oxygen atoms in total. The lowest BCUT2D eigenvalue weighted by atomic mass is 9.84. The Hall–Kier alpha value is -2.30. The molecule has 2 aromatic rings. The zero-order chi connectivity index (χ0) is 19.5. The molecule has 2 aliphatic heterocycles. The maximum Gasteiger partial charge on any atom is 0.336 e. The number of hydrogen-bond donors (Lipinski definition) is 0. The summed E-state index contributed by atoms with van der Waals surface area (Å²) >= 11 is 0. The van der Waals surface area contributed by atoms with Crippen LogP contribution in [0.4, 0.5) is 0 Å². The fourth-order valence-corrected chi connectivity index (χ4v) is 4.12. The molecule has 2 aliphatic rings. The number of benzene rings is 1. The van der Waals surface area contributed by atoms with Gasteiger partial charge in [-0.1, -0.05) is 20.3 Å². The molecule has 0 amide bonds. The van der Waals surface area contributed by atoms with Gasteiger partial charge in [-0.15, -0.1) is 0 Å². The van der Waals surface area contributed by atoms with Crippen LogP contribution in [0.1, 0.15) is 68.9 Å². The number of fused-ring (bicyclic) bond motifs is 6. The normalized spacial score (nSPS) is 23.4. The fraction of sp³-hybridized carbons (Fsp3) is 0.545. The van der Waals surface area contributed by atoms with Gasteiger partial charge in [-0.2, -0.15) is 0 Å². The van der Waals surface area contributed by atoms with Crippen LogP contribution in [0.5, 0.6) is 11.5 Å². The third-order valence-corrected chi connectivity index (χ3v) is 5.81. The summed E-state index contributed by atoms with van der Waals surface area (Å²) in [7, 11) is 0. The van der Waals surface area contributed by atoms with E-state index in [0.29, 0.717) is 22.6 Å². The van der Waals surface area contributed by atoms with Crippen molar-refractivity contribution in [1.29, 1.82) is 0 Å². The predicted molar refractivity (Wildman–Crippen MR) is 103 cm³/mol. The second-order valence-electron chi connectivity index (χ2n) is 8.39. The molecule has 0 N–H and O–H groups in total. The zero-order valence-electron chi connectivity index (χ0n) is 16.6. The van der Waals surface area contributed by atoms with Gasteiger partial charge in [0.15, 0.2) is 11.4 Å². The van der Waals surface area contributed by atoms with Gasteiger partial charge < -0.3 is 13.9 Å². The molecule has 1 unspecified atom stereocenters.